The molecule has 0 amide bonds. The summed E-state index contributed by atoms with van der Waals surface area (Å²) in [4.78, 5) is 0. The molecular weight excluding hydrogens is 336 g/mol. The highest BCUT2D eigenvalue weighted by Crippen LogP contribution is 2.29. The van der Waals surface area contributed by atoms with Crippen molar-refractivity contribution in [2.75, 3.05) is 7.11 Å². The van der Waals surface area contributed by atoms with Crippen molar-refractivity contribution < 1.29 is 27.0 Å². The molecule has 0 aromatic heterocycles. The van der Waals surface area contributed by atoms with E-state index in [0.717, 1.165) is 18.4 Å². The Hall–Kier alpha value is -2.24. The molecule has 0 saturated heterocycles. The number of hydrogen-bond acceptors (Lipinski definition) is 2. The lowest BCUT2D eigenvalue weighted by molar-refractivity contribution is -0.180. The van der Waals surface area contributed by atoms with E-state index in [4.69, 9.17) is 4.74 Å². The molecule has 0 aliphatic carbocycles. The van der Waals surface area contributed by atoms with E-state index < -0.39 is 24.2 Å². The minimum Gasteiger partial charge on any atom is -0.494 e. The Morgan fingerprint density at radius 2 is 1.60 bits per heavy atom. The number of halogens is 4. The van der Waals surface area contributed by atoms with Gasteiger partial charge >= 0.3 is 6.11 Å². The topological polar surface area (TPSA) is 18.5 Å². The Balaban J connectivity index is 2.00. The molecule has 25 heavy (non-hydrogen) atoms. The van der Waals surface area contributed by atoms with Crippen molar-refractivity contribution >= 4 is 0 Å². The third-order valence-corrected chi connectivity index (χ3v) is 3.76. The number of alkyl halides is 2. The molecule has 0 aliphatic rings. The molecule has 0 heterocycles. The first kappa shape index (κ1) is 19.1. The van der Waals surface area contributed by atoms with Crippen LogP contribution >= 0.6 is 0 Å². The van der Waals surface area contributed by atoms with Crippen LogP contribution in [0.3, 0.4) is 0 Å². The van der Waals surface area contributed by atoms with Crippen molar-refractivity contribution in [3.8, 4) is 11.5 Å². The van der Waals surface area contributed by atoms with E-state index in [1.165, 1.54) is 31.4 Å². The van der Waals surface area contributed by atoms with Crippen molar-refractivity contribution in [3.63, 3.8) is 0 Å². The quantitative estimate of drug-likeness (QED) is 0.579. The molecule has 0 atom stereocenters. The van der Waals surface area contributed by atoms with Crippen LogP contribution in [0.15, 0.2) is 36.4 Å². The van der Waals surface area contributed by atoms with Crippen molar-refractivity contribution in [3.05, 3.63) is 59.2 Å². The predicted octanol–water partition coefficient (Wildman–Crippen LogP) is 5.53. The van der Waals surface area contributed by atoms with E-state index in [1.54, 1.807) is 12.1 Å². The fourth-order valence-corrected chi connectivity index (χ4v) is 2.44. The van der Waals surface area contributed by atoms with Gasteiger partial charge in [0.15, 0.2) is 11.6 Å². The van der Waals surface area contributed by atoms with Gasteiger partial charge in [0.2, 0.25) is 5.82 Å². The SMILES string of the molecule is CCCc1ccc(OC(F)(F)CCc2ccc(OC)c(F)c2F)cc1. The van der Waals surface area contributed by atoms with E-state index in [-0.39, 0.29) is 23.5 Å². The van der Waals surface area contributed by atoms with E-state index in [0.29, 0.717) is 0 Å². The predicted molar refractivity (Wildman–Crippen MR) is 87.2 cm³/mol. The third kappa shape index (κ3) is 5.11. The Morgan fingerprint density at radius 1 is 0.920 bits per heavy atom. The van der Waals surface area contributed by atoms with Crippen molar-refractivity contribution in [2.24, 2.45) is 0 Å². The number of aryl methyl sites for hydroxylation is 2. The average Bonchev–Trinajstić information content (AvgIpc) is 2.58. The van der Waals surface area contributed by atoms with E-state index in [1.807, 2.05) is 6.92 Å². The highest BCUT2D eigenvalue weighted by molar-refractivity contribution is 5.31. The summed E-state index contributed by atoms with van der Waals surface area (Å²) in [6.07, 6.45) is -2.81. The molecular formula is C19H20F4O2. The first-order chi connectivity index (χ1) is 11.9. The number of hydrogen-bond donors (Lipinski definition) is 0. The Kier molecular flexibility index (Phi) is 6.28. The molecule has 0 fully saturated rings. The van der Waals surface area contributed by atoms with E-state index >= 15 is 0 Å². The van der Waals surface area contributed by atoms with Gasteiger partial charge in [-0.3, -0.25) is 0 Å². The molecule has 0 saturated carbocycles. The second kappa shape index (κ2) is 8.23. The lowest BCUT2D eigenvalue weighted by atomic mass is 10.1. The summed E-state index contributed by atoms with van der Waals surface area (Å²) in [7, 11) is 1.20. The molecule has 2 aromatic carbocycles. The van der Waals surface area contributed by atoms with Crippen molar-refractivity contribution in [1.82, 2.24) is 0 Å². The van der Waals surface area contributed by atoms with Gasteiger partial charge in [0, 0.05) is 0 Å². The zero-order valence-electron chi connectivity index (χ0n) is 14.1. The second-order valence-corrected chi connectivity index (χ2v) is 5.69. The zero-order chi connectivity index (χ0) is 18.4. The maximum atomic E-state index is 14.0. The molecule has 2 aromatic rings. The second-order valence-electron chi connectivity index (χ2n) is 5.69. The number of benzene rings is 2. The summed E-state index contributed by atoms with van der Waals surface area (Å²) >= 11 is 0. The molecule has 0 spiro atoms. The number of ether oxygens (including phenoxy) is 2. The molecule has 0 N–H and O–H groups in total. The van der Waals surface area contributed by atoms with Crippen LogP contribution in [0.1, 0.15) is 30.9 Å². The smallest absolute Gasteiger partial charge is 0.398 e. The number of rotatable bonds is 8. The summed E-state index contributed by atoms with van der Waals surface area (Å²) in [5.41, 5.74) is 0.883. The van der Waals surface area contributed by atoms with Gasteiger partial charge in [-0.2, -0.15) is 13.2 Å². The van der Waals surface area contributed by atoms with Crippen LogP contribution < -0.4 is 9.47 Å². The van der Waals surface area contributed by atoms with Gasteiger partial charge in [0.25, 0.3) is 0 Å². The number of methoxy groups -OCH3 is 1. The maximum absolute atomic E-state index is 14.0. The van der Waals surface area contributed by atoms with Crippen LogP contribution in [0, 0.1) is 11.6 Å². The molecule has 2 nitrogen and oxygen atoms in total. The monoisotopic (exact) mass is 356 g/mol. The van der Waals surface area contributed by atoms with Crippen LogP contribution in [0.25, 0.3) is 0 Å². The fourth-order valence-electron chi connectivity index (χ4n) is 2.44. The minimum atomic E-state index is -3.49. The van der Waals surface area contributed by atoms with E-state index in [9.17, 15) is 17.6 Å². The van der Waals surface area contributed by atoms with Crippen molar-refractivity contribution in [1.29, 1.82) is 0 Å². The highest BCUT2D eigenvalue weighted by atomic mass is 19.3. The highest BCUT2D eigenvalue weighted by Gasteiger charge is 2.32. The fraction of sp³-hybridized carbons (Fsp3) is 0.368. The summed E-state index contributed by atoms with van der Waals surface area (Å²) in [5.74, 6) is -2.60. The Morgan fingerprint density at radius 3 is 2.20 bits per heavy atom. The molecule has 6 heteroatoms. The van der Waals surface area contributed by atoms with Crippen LogP contribution in [-0.4, -0.2) is 13.2 Å². The maximum Gasteiger partial charge on any atom is 0.398 e. The summed E-state index contributed by atoms with van der Waals surface area (Å²) < 4.78 is 64.7. The van der Waals surface area contributed by atoms with Gasteiger partial charge in [-0.05, 0) is 42.2 Å². The molecule has 0 unspecified atom stereocenters. The standard InChI is InChI=1S/C19H20F4O2/c1-3-4-13-5-8-15(9-6-13)25-19(22,23)12-11-14-7-10-16(24-2)18(21)17(14)20/h5-10H,3-4,11-12H2,1-2H3. The molecule has 136 valence electrons. The van der Waals surface area contributed by atoms with Crippen molar-refractivity contribution in [2.45, 2.75) is 38.7 Å². The first-order valence-corrected chi connectivity index (χ1v) is 8.03. The van der Waals surface area contributed by atoms with Crippen LogP contribution in [0.2, 0.25) is 0 Å². The van der Waals surface area contributed by atoms with Crippen LogP contribution in [0.5, 0.6) is 11.5 Å². The minimum absolute atomic E-state index is 0.0336. The Labute approximate surface area is 144 Å². The van der Waals surface area contributed by atoms with Gasteiger partial charge in [-0.1, -0.05) is 31.5 Å². The van der Waals surface area contributed by atoms with Gasteiger partial charge in [0.05, 0.1) is 13.5 Å². The first-order valence-electron chi connectivity index (χ1n) is 8.03. The summed E-state index contributed by atoms with van der Waals surface area (Å²) in [6, 6.07) is 8.85. The van der Waals surface area contributed by atoms with Crippen LogP contribution in [-0.2, 0) is 12.8 Å². The lowest BCUT2D eigenvalue weighted by Crippen LogP contribution is -2.25. The average molecular weight is 356 g/mol. The zero-order valence-corrected chi connectivity index (χ0v) is 14.1. The largest absolute Gasteiger partial charge is 0.494 e. The van der Waals surface area contributed by atoms with Gasteiger partial charge in [-0.15, -0.1) is 0 Å². The van der Waals surface area contributed by atoms with Gasteiger partial charge in [-0.25, -0.2) is 4.39 Å². The summed E-state index contributed by atoms with van der Waals surface area (Å²) in [6.45, 7) is 2.03. The van der Waals surface area contributed by atoms with Gasteiger partial charge < -0.3 is 9.47 Å². The molecule has 2 rings (SSSR count). The summed E-state index contributed by atoms with van der Waals surface area (Å²) in [5, 5.41) is 0. The molecule has 0 aliphatic heterocycles. The Bertz CT molecular complexity index is 699. The molecule has 0 radical (unpaired) electrons. The normalized spacial score (nSPS) is 11.4. The van der Waals surface area contributed by atoms with E-state index in [2.05, 4.69) is 4.74 Å². The lowest BCUT2D eigenvalue weighted by Gasteiger charge is -2.18. The third-order valence-electron chi connectivity index (χ3n) is 3.76. The van der Waals surface area contributed by atoms with Gasteiger partial charge in [0.1, 0.15) is 5.75 Å². The molecule has 0 bridgehead atoms. The van der Waals surface area contributed by atoms with Crippen LogP contribution in [0.4, 0.5) is 17.6 Å².